The van der Waals surface area contributed by atoms with Gasteiger partial charge in [0, 0.05) is 37.9 Å². The van der Waals surface area contributed by atoms with E-state index in [0.717, 1.165) is 69.1 Å². The SMILES string of the molecule is CCCCN(CC)C(=O)[C@H]1CCCN(c2ccnc(-c3ccc(C)cc3)n2)C1. The van der Waals surface area contributed by atoms with Gasteiger partial charge >= 0.3 is 0 Å². The van der Waals surface area contributed by atoms with Crippen molar-refractivity contribution in [2.45, 2.75) is 46.5 Å². The fourth-order valence-electron chi connectivity index (χ4n) is 3.79. The number of unbranched alkanes of at least 4 members (excludes halogenated alkanes) is 1. The van der Waals surface area contributed by atoms with E-state index in [1.807, 2.05) is 17.2 Å². The van der Waals surface area contributed by atoms with Crippen LogP contribution in [0.2, 0.25) is 0 Å². The van der Waals surface area contributed by atoms with E-state index in [1.54, 1.807) is 0 Å². The third-order valence-electron chi connectivity index (χ3n) is 5.52. The maximum Gasteiger partial charge on any atom is 0.227 e. The lowest BCUT2D eigenvalue weighted by Crippen LogP contribution is -2.45. The van der Waals surface area contributed by atoms with Crippen LogP contribution in [0.25, 0.3) is 11.4 Å². The Morgan fingerprint density at radius 2 is 2.00 bits per heavy atom. The molecule has 1 aromatic heterocycles. The van der Waals surface area contributed by atoms with Crippen LogP contribution >= 0.6 is 0 Å². The summed E-state index contributed by atoms with van der Waals surface area (Å²) in [6, 6.07) is 10.2. The molecule has 1 saturated heterocycles. The molecule has 1 aliphatic rings. The summed E-state index contributed by atoms with van der Waals surface area (Å²) in [4.78, 5) is 26.5. The third kappa shape index (κ3) is 4.89. The van der Waals surface area contributed by atoms with Crippen molar-refractivity contribution in [3.05, 3.63) is 42.1 Å². The Balaban J connectivity index is 1.72. The van der Waals surface area contributed by atoms with E-state index in [-0.39, 0.29) is 5.92 Å². The topological polar surface area (TPSA) is 49.3 Å². The molecule has 28 heavy (non-hydrogen) atoms. The molecule has 0 bridgehead atoms. The van der Waals surface area contributed by atoms with Crippen molar-refractivity contribution in [3.63, 3.8) is 0 Å². The van der Waals surface area contributed by atoms with Gasteiger partial charge in [-0.05, 0) is 39.2 Å². The Kier molecular flexibility index (Phi) is 7.01. The number of aromatic nitrogens is 2. The second-order valence-corrected chi connectivity index (χ2v) is 7.66. The Hall–Kier alpha value is -2.43. The van der Waals surface area contributed by atoms with Crippen LogP contribution in [0.3, 0.4) is 0 Å². The number of carbonyl (C=O) groups is 1. The number of amides is 1. The van der Waals surface area contributed by atoms with Gasteiger partial charge in [-0.1, -0.05) is 43.2 Å². The highest BCUT2D eigenvalue weighted by atomic mass is 16.2. The summed E-state index contributed by atoms with van der Waals surface area (Å²) in [6.45, 7) is 9.66. The van der Waals surface area contributed by atoms with E-state index in [1.165, 1.54) is 5.56 Å². The number of benzene rings is 1. The average Bonchev–Trinajstić information content (AvgIpc) is 2.75. The van der Waals surface area contributed by atoms with Crippen LogP contribution in [-0.2, 0) is 4.79 Å². The fourth-order valence-corrected chi connectivity index (χ4v) is 3.79. The van der Waals surface area contributed by atoms with E-state index in [0.29, 0.717) is 5.91 Å². The molecule has 0 N–H and O–H groups in total. The van der Waals surface area contributed by atoms with Gasteiger partial charge in [-0.3, -0.25) is 4.79 Å². The van der Waals surface area contributed by atoms with Crippen LogP contribution in [0, 0.1) is 12.8 Å². The largest absolute Gasteiger partial charge is 0.356 e. The smallest absolute Gasteiger partial charge is 0.227 e. The molecule has 1 fully saturated rings. The number of piperidine rings is 1. The van der Waals surface area contributed by atoms with E-state index >= 15 is 0 Å². The quantitative estimate of drug-likeness (QED) is 0.718. The van der Waals surface area contributed by atoms with Crippen LogP contribution in [-0.4, -0.2) is 47.0 Å². The van der Waals surface area contributed by atoms with Crippen molar-refractivity contribution in [2.24, 2.45) is 5.92 Å². The van der Waals surface area contributed by atoms with Crippen LogP contribution in [0.15, 0.2) is 36.5 Å². The minimum atomic E-state index is 0.0587. The molecule has 3 rings (SSSR count). The van der Waals surface area contributed by atoms with Crippen LogP contribution in [0.5, 0.6) is 0 Å². The van der Waals surface area contributed by atoms with Gasteiger partial charge in [-0.2, -0.15) is 0 Å². The lowest BCUT2D eigenvalue weighted by atomic mass is 9.96. The van der Waals surface area contributed by atoms with Gasteiger partial charge in [0.2, 0.25) is 5.91 Å². The van der Waals surface area contributed by atoms with Crippen molar-refractivity contribution in [1.82, 2.24) is 14.9 Å². The molecular weight excluding hydrogens is 348 g/mol. The average molecular weight is 381 g/mol. The van der Waals surface area contributed by atoms with Crippen LogP contribution in [0.4, 0.5) is 5.82 Å². The predicted octanol–water partition coefficient (Wildman–Crippen LogP) is 4.32. The predicted molar refractivity (Wildman–Crippen MR) is 114 cm³/mol. The Labute approximate surface area is 168 Å². The molecule has 1 atom stereocenters. The first-order chi connectivity index (χ1) is 13.6. The number of nitrogens with zero attached hydrogens (tertiary/aromatic N) is 4. The lowest BCUT2D eigenvalue weighted by molar-refractivity contribution is -0.135. The van der Waals surface area contributed by atoms with Crippen molar-refractivity contribution in [3.8, 4) is 11.4 Å². The van der Waals surface area contributed by atoms with Crippen molar-refractivity contribution in [1.29, 1.82) is 0 Å². The zero-order valence-electron chi connectivity index (χ0n) is 17.4. The summed E-state index contributed by atoms with van der Waals surface area (Å²) in [5, 5.41) is 0. The van der Waals surface area contributed by atoms with Crippen LogP contribution < -0.4 is 4.90 Å². The summed E-state index contributed by atoms with van der Waals surface area (Å²) < 4.78 is 0. The number of aryl methyl sites for hydroxylation is 1. The zero-order chi connectivity index (χ0) is 19.9. The number of carbonyl (C=O) groups excluding carboxylic acids is 1. The van der Waals surface area contributed by atoms with E-state index < -0.39 is 0 Å². The highest BCUT2D eigenvalue weighted by Gasteiger charge is 2.29. The molecule has 1 amide bonds. The lowest BCUT2D eigenvalue weighted by Gasteiger charge is -2.35. The highest BCUT2D eigenvalue weighted by molar-refractivity contribution is 5.79. The molecule has 1 aliphatic heterocycles. The highest BCUT2D eigenvalue weighted by Crippen LogP contribution is 2.25. The molecule has 0 radical (unpaired) electrons. The zero-order valence-corrected chi connectivity index (χ0v) is 17.4. The molecule has 0 aliphatic carbocycles. The number of hydrogen-bond donors (Lipinski definition) is 0. The summed E-state index contributed by atoms with van der Waals surface area (Å²) in [5.74, 6) is 2.01. The molecule has 1 aromatic carbocycles. The Morgan fingerprint density at radius 3 is 2.71 bits per heavy atom. The molecule has 0 saturated carbocycles. The van der Waals surface area contributed by atoms with Gasteiger partial charge in [0.15, 0.2) is 5.82 Å². The summed E-state index contributed by atoms with van der Waals surface area (Å²) in [7, 11) is 0. The Morgan fingerprint density at radius 1 is 1.21 bits per heavy atom. The molecule has 2 aromatic rings. The monoisotopic (exact) mass is 380 g/mol. The number of hydrogen-bond acceptors (Lipinski definition) is 4. The van der Waals surface area contributed by atoms with E-state index in [9.17, 15) is 4.79 Å². The number of rotatable bonds is 7. The molecule has 5 heteroatoms. The van der Waals surface area contributed by atoms with E-state index in [2.05, 4.69) is 54.9 Å². The minimum Gasteiger partial charge on any atom is -0.356 e. The molecule has 2 heterocycles. The van der Waals surface area contributed by atoms with Crippen LogP contribution in [0.1, 0.15) is 45.1 Å². The summed E-state index contributed by atoms with van der Waals surface area (Å²) in [6.07, 6.45) is 5.99. The van der Waals surface area contributed by atoms with Gasteiger partial charge in [0.05, 0.1) is 5.92 Å². The fraction of sp³-hybridized carbons (Fsp3) is 0.522. The van der Waals surface area contributed by atoms with Crippen molar-refractivity contribution < 1.29 is 4.79 Å². The molecule has 0 spiro atoms. The Bertz CT molecular complexity index is 774. The van der Waals surface area contributed by atoms with E-state index in [4.69, 9.17) is 4.98 Å². The molecular formula is C23H32N4O. The number of anilines is 1. The van der Waals surface area contributed by atoms with Crippen molar-refractivity contribution >= 4 is 11.7 Å². The van der Waals surface area contributed by atoms with Gasteiger partial charge in [-0.25, -0.2) is 9.97 Å². The second kappa shape index (κ2) is 9.67. The van der Waals surface area contributed by atoms with Gasteiger partial charge in [-0.15, -0.1) is 0 Å². The van der Waals surface area contributed by atoms with Gasteiger partial charge in [0.1, 0.15) is 5.82 Å². The maximum absolute atomic E-state index is 13.0. The second-order valence-electron chi connectivity index (χ2n) is 7.66. The van der Waals surface area contributed by atoms with Crippen molar-refractivity contribution in [2.75, 3.05) is 31.1 Å². The minimum absolute atomic E-state index is 0.0587. The van der Waals surface area contributed by atoms with Gasteiger partial charge < -0.3 is 9.80 Å². The maximum atomic E-state index is 13.0. The first-order valence-electron chi connectivity index (χ1n) is 10.6. The summed E-state index contributed by atoms with van der Waals surface area (Å²) in [5.41, 5.74) is 2.25. The van der Waals surface area contributed by atoms with Gasteiger partial charge in [0.25, 0.3) is 0 Å². The third-order valence-corrected chi connectivity index (χ3v) is 5.52. The molecule has 150 valence electrons. The summed E-state index contributed by atoms with van der Waals surface area (Å²) >= 11 is 0. The first-order valence-corrected chi connectivity index (χ1v) is 10.6. The molecule has 5 nitrogen and oxygen atoms in total. The molecule has 0 unspecified atom stereocenters. The first kappa shape index (κ1) is 20.3. The standard InChI is InChI=1S/C23H32N4O/c1-4-6-15-26(5-2)23(28)20-8-7-16-27(17-20)21-13-14-24-22(25-21)19-11-9-18(3)10-12-19/h9-14,20H,4-8,15-17H2,1-3H3/t20-/m0/s1. The normalized spacial score (nSPS) is 16.8.